The molecular weight excluding hydrogens is 430 g/mol. The van der Waals surface area contributed by atoms with Crippen LogP contribution in [-0.2, 0) is 6.54 Å². The summed E-state index contributed by atoms with van der Waals surface area (Å²) in [4.78, 5) is 25.6. The average molecular weight is 456 g/mol. The van der Waals surface area contributed by atoms with E-state index in [1.807, 2.05) is 25.1 Å². The number of rotatable bonds is 9. The number of aryl methyl sites for hydroxylation is 1. The van der Waals surface area contributed by atoms with E-state index in [1.54, 1.807) is 44.0 Å². The van der Waals surface area contributed by atoms with Crippen molar-refractivity contribution in [1.82, 2.24) is 35.2 Å². The zero-order valence-corrected chi connectivity index (χ0v) is 18.9. The summed E-state index contributed by atoms with van der Waals surface area (Å²) < 4.78 is 5.15. The van der Waals surface area contributed by atoms with E-state index >= 15 is 0 Å². The lowest BCUT2D eigenvalue weighted by atomic mass is 10.1. The summed E-state index contributed by atoms with van der Waals surface area (Å²) in [6, 6.07) is 5.67. The second kappa shape index (κ2) is 10.3. The molecule has 0 unspecified atom stereocenters. The van der Waals surface area contributed by atoms with E-state index in [1.165, 1.54) is 6.20 Å². The van der Waals surface area contributed by atoms with Crippen molar-refractivity contribution in [3.8, 4) is 17.1 Å². The molecule has 4 heterocycles. The number of hydrogen-bond donors (Lipinski definition) is 4. The van der Waals surface area contributed by atoms with Gasteiger partial charge in [-0.3, -0.25) is 0 Å². The van der Waals surface area contributed by atoms with Gasteiger partial charge in [0.15, 0.2) is 5.65 Å². The van der Waals surface area contributed by atoms with Gasteiger partial charge in [-0.2, -0.15) is 0 Å². The van der Waals surface area contributed by atoms with Crippen LogP contribution in [0.1, 0.15) is 11.4 Å². The Balaban J connectivity index is 1.75. The molecular formula is C24H25N9O. The predicted molar refractivity (Wildman–Crippen MR) is 132 cm³/mol. The number of anilines is 2. The van der Waals surface area contributed by atoms with E-state index in [9.17, 15) is 0 Å². The number of methoxy groups -OCH3 is 1. The molecule has 5 N–H and O–H groups in total. The maximum atomic E-state index is 5.54. The molecule has 0 aliphatic heterocycles. The SMILES string of the molecule is C=C/C=C(\C=C/N)NCc1cnc(Nc2ccc(OC)nc2)c(-c2nc(C)nc3[nH]cnc23)c1. The van der Waals surface area contributed by atoms with Crippen molar-refractivity contribution < 1.29 is 4.74 Å². The van der Waals surface area contributed by atoms with Crippen LogP contribution in [0.3, 0.4) is 0 Å². The molecule has 172 valence electrons. The summed E-state index contributed by atoms with van der Waals surface area (Å²) >= 11 is 0. The van der Waals surface area contributed by atoms with Gasteiger partial charge in [0, 0.05) is 30.1 Å². The van der Waals surface area contributed by atoms with Gasteiger partial charge in [0.1, 0.15) is 22.9 Å². The fourth-order valence-corrected chi connectivity index (χ4v) is 3.34. The quantitative estimate of drug-likeness (QED) is 0.279. The molecule has 4 rings (SSSR count). The molecule has 4 aromatic rings. The van der Waals surface area contributed by atoms with Crippen LogP contribution in [0.2, 0.25) is 0 Å². The smallest absolute Gasteiger partial charge is 0.213 e. The third-order valence-corrected chi connectivity index (χ3v) is 4.87. The molecule has 0 aliphatic carbocycles. The van der Waals surface area contributed by atoms with Crippen molar-refractivity contribution in [3.63, 3.8) is 0 Å². The Morgan fingerprint density at radius 1 is 1.21 bits per heavy atom. The fourth-order valence-electron chi connectivity index (χ4n) is 3.34. The lowest BCUT2D eigenvalue weighted by molar-refractivity contribution is 0.398. The Morgan fingerprint density at radius 3 is 2.82 bits per heavy atom. The number of aromatic amines is 1. The minimum absolute atomic E-state index is 0.516. The molecule has 0 spiro atoms. The van der Waals surface area contributed by atoms with Crippen molar-refractivity contribution >= 4 is 22.7 Å². The van der Waals surface area contributed by atoms with Gasteiger partial charge in [-0.15, -0.1) is 0 Å². The highest BCUT2D eigenvalue weighted by atomic mass is 16.5. The third kappa shape index (κ3) is 5.01. The number of nitrogens with one attached hydrogen (secondary N) is 3. The van der Waals surface area contributed by atoms with Gasteiger partial charge in [-0.1, -0.05) is 12.7 Å². The summed E-state index contributed by atoms with van der Waals surface area (Å²) in [6.45, 7) is 6.10. The van der Waals surface area contributed by atoms with E-state index in [2.05, 4.69) is 42.1 Å². The molecule has 0 atom stereocenters. The van der Waals surface area contributed by atoms with Crippen LogP contribution in [0.25, 0.3) is 22.4 Å². The Labute approximate surface area is 196 Å². The Morgan fingerprint density at radius 2 is 2.09 bits per heavy atom. The molecule has 0 aromatic carbocycles. The summed E-state index contributed by atoms with van der Waals surface area (Å²) in [5, 5.41) is 6.66. The molecule has 0 saturated heterocycles. The normalized spacial score (nSPS) is 11.6. The average Bonchev–Trinajstić information content (AvgIpc) is 3.32. The Bertz CT molecular complexity index is 1360. The van der Waals surface area contributed by atoms with Crippen LogP contribution in [-0.4, -0.2) is 37.0 Å². The summed E-state index contributed by atoms with van der Waals surface area (Å²) in [5.74, 6) is 1.76. The predicted octanol–water partition coefficient (Wildman–Crippen LogP) is 3.50. The van der Waals surface area contributed by atoms with Crippen molar-refractivity contribution in [3.05, 3.63) is 85.0 Å². The number of H-pyrrole nitrogens is 1. The maximum absolute atomic E-state index is 5.54. The number of imidazole rings is 1. The first-order chi connectivity index (χ1) is 16.6. The van der Waals surface area contributed by atoms with Crippen molar-refractivity contribution in [2.75, 3.05) is 12.4 Å². The number of allylic oxidation sites excluding steroid dienone is 3. The summed E-state index contributed by atoms with van der Waals surface area (Å²) in [7, 11) is 1.58. The van der Waals surface area contributed by atoms with Gasteiger partial charge in [0.25, 0.3) is 0 Å². The largest absolute Gasteiger partial charge is 0.481 e. The molecule has 0 amide bonds. The molecule has 34 heavy (non-hydrogen) atoms. The highest BCUT2D eigenvalue weighted by Gasteiger charge is 2.17. The van der Waals surface area contributed by atoms with Gasteiger partial charge in [-0.05, 0) is 43.0 Å². The third-order valence-electron chi connectivity index (χ3n) is 4.87. The lowest BCUT2D eigenvalue weighted by Crippen LogP contribution is -2.12. The number of aromatic nitrogens is 6. The number of ether oxygens (including phenoxy) is 1. The summed E-state index contributed by atoms with van der Waals surface area (Å²) in [6.07, 6.45) is 11.9. The van der Waals surface area contributed by atoms with Crippen LogP contribution in [0.15, 0.2) is 73.6 Å². The Kier molecular flexibility index (Phi) is 6.78. The minimum atomic E-state index is 0.516. The number of hydrogen-bond acceptors (Lipinski definition) is 9. The maximum Gasteiger partial charge on any atom is 0.213 e. The molecule has 0 radical (unpaired) electrons. The highest BCUT2D eigenvalue weighted by Crippen LogP contribution is 2.32. The van der Waals surface area contributed by atoms with Crippen LogP contribution in [0.4, 0.5) is 11.5 Å². The zero-order chi connectivity index (χ0) is 23.9. The molecule has 10 heteroatoms. The minimum Gasteiger partial charge on any atom is -0.481 e. The number of pyridine rings is 2. The first-order valence-corrected chi connectivity index (χ1v) is 10.5. The second-order valence-electron chi connectivity index (χ2n) is 7.24. The van der Waals surface area contributed by atoms with Gasteiger partial charge in [0.05, 0.1) is 25.3 Å². The van der Waals surface area contributed by atoms with E-state index in [0.29, 0.717) is 40.9 Å². The molecule has 0 saturated carbocycles. The molecule has 0 fully saturated rings. The van der Waals surface area contributed by atoms with E-state index in [0.717, 1.165) is 22.5 Å². The van der Waals surface area contributed by atoms with Gasteiger partial charge in [-0.25, -0.2) is 24.9 Å². The number of fused-ring (bicyclic) bond motifs is 1. The zero-order valence-electron chi connectivity index (χ0n) is 18.9. The summed E-state index contributed by atoms with van der Waals surface area (Å²) in [5.41, 5.74) is 10.8. The monoisotopic (exact) mass is 455 g/mol. The standard InChI is InChI=1S/C24H25N9O/c1-4-5-17(8-9-25)26-11-16-10-19(21-22-24(30-14-29-22)32-15(2)31-21)23(28-12-16)33-18-6-7-20(34-3)27-13-18/h4-10,12-14,26H,1,11,25H2,2-3H3,(H,28,33)(H,29,30,31,32)/b9-8-,17-5+. The molecule has 4 aromatic heterocycles. The Hall–Kier alpha value is -4.73. The molecule has 10 nitrogen and oxygen atoms in total. The molecule has 0 aliphatic rings. The van der Waals surface area contributed by atoms with E-state index in [4.69, 9.17) is 15.5 Å². The van der Waals surface area contributed by atoms with E-state index in [-0.39, 0.29) is 0 Å². The van der Waals surface area contributed by atoms with Crippen molar-refractivity contribution in [2.24, 2.45) is 5.73 Å². The second-order valence-corrected chi connectivity index (χ2v) is 7.24. The van der Waals surface area contributed by atoms with Crippen LogP contribution in [0.5, 0.6) is 5.88 Å². The van der Waals surface area contributed by atoms with Gasteiger partial charge >= 0.3 is 0 Å². The van der Waals surface area contributed by atoms with Gasteiger partial charge in [0.2, 0.25) is 5.88 Å². The van der Waals surface area contributed by atoms with Crippen LogP contribution < -0.4 is 21.1 Å². The molecule has 0 bridgehead atoms. The fraction of sp³-hybridized carbons (Fsp3) is 0.125. The highest BCUT2D eigenvalue weighted by molar-refractivity contribution is 5.91. The van der Waals surface area contributed by atoms with Crippen molar-refractivity contribution in [1.29, 1.82) is 0 Å². The number of nitrogens with zero attached hydrogens (tertiary/aromatic N) is 5. The first-order valence-electron chi connectivity index (χ1n) is 10.5. The van der Waals surface area contributed by atoms with E-state index < -0.39 is 0 Å². The van der Waals surface area contributed by atoms with Crippen LogP contribution >= 0.6 is 0 Å². The van der Waals surface area contributed by atoms with Gasteiger partial charge < -0.3 is 26.1 Å². The number of nitrogens with two attached hydrogens (primary N) is 1. The first kappa shape index (κ1) is 22.5. The van der Waals surface area contributed by atoms with Crippen molar-refractivity contribution in [2.45, 2.75) is 13.5 Å². The lowest BCUT2D eigenvalue weighted by Gasteiger charge is -2.14. The van der Waals surface area contributed by atoms with Crippen LogP contribution in [0, 0.1) is 6.92 Å². The topological polar surface area (TPSA) is 140 Å².